The highest BCUT2D eigenvalue weighted by atomic mass is 35.5. The van der Waals surface area contributed by atoms with Crippen LogP contribution in [0.15, 0.2) is 34.9 Å². The van der Waals surface area contributed by atoms with Crippen LogP contribution in [-0.4, -0.2) is 0 Å². The van der Waals surface area contributed by atoms with E-state index in [9.17, 15) is 0 Å². The van der Waals surface area contributed by atoms with E-state index in [1.807, 2.05) is 31.2 Å². The van der Waals surface area contributed by atoms with Gasteiger partial charge in [0.2, 0.25) is 0 Å². The van der Waals surface area contributed by atoms with Gasteiger partial charge in [0.1, 0.15) is 18.1 Å². The van der Waals surface area contributed by atoms with E-state index in [4.69, 9.17) is 26.5 Å². The van der Waals surface area contributed by atoms with Gasteiger partial charge in [0.05, 0.1) is 6.26 Å². The molecule has 3 nitrogen and oxygen atoms in total. The lowest BCUT2D eigenvalue weighted by molar-refractivity contribution is 0.268. The van der Waals surface area contributed by atoms with Crippen molar-refractivity contribution in [3.05, 3.63) is 52.4 Å². The summed E-state index contributed by atoms with van der Waals surface area (Å²) in [5.74, 6) is 1.53. The highest BCUT2D eigenvalue weighted by Crippen LogP contribution is 2.22. The van der Waals surface area contributed by atoms with Crippen molar-refractivity contribution in [1.29, 1.82) is 0 Å². The Labute approximate surface area is 105 Å². The van der Waals surface area contributed by atoms with Crippen molar-refractivity contribution in [2.75, 3.05) is 0 Å². The minimum absolute atomic E-state index is 0.376. The lowest BCUT2D eigenvalue weighted by Gasteiger charge is -2.07. The third-order valence-electron chi connectivity index (χ3n) is 2.56. The molecular formula is C13H14ClNO2. The van der Waals surface area contributed by atoms with E-state index in [1.165, 1.54) is 0 Å². The molecule has 0 bridgehead atoms. The lowest BCUT2D eigenvalue weighted by atomic mass is 10.2. The number of halogens is 1. The Morgan fingerprint density at radius 3 is 2.88 bits per heavy atom. The van der Waals surface area contributed by atoms with Crippen LogP contribution in [0, 0.1) is 6.92 Å². The van der Waals surface area contributed by atoms with Crippen LogP contribution in [0.2, 0.25) is 5.02 Å². The van der Waals surface area contributed by atoms with E-state index in [2.05, 4.69) is 0 Å². The second-order valence-corrected chi connectivity index (χ2v) is 4.18. The number of nitrogens with two attached hydrogens (primary N) is 1. The van der Waals surface area contributed by atoms with Gasteiger partial charge in [-0.2, -0.15) is 0 Å². The molecule has 1 aromatic heterocycles. The summed E-state index contributed by atoms with van der Waals surface area (Å²) in [7, 11) is 0. The summed E-state index contributed by atoms with van der Waals surface area (Å²) in [4.78, 5) is 0. The molecule has 0 aliphatic carbocycles. The fourth-order valence-electron chi connectivity index (χ4n) is 1.53. The molecule has 0 amide bonds. The predicted molar refractivity (Wildman–Crippen MR) is 67.1 cm³/mol. The van der Waals surface area contributed by atoms with E-state index < -0.39 is 0 Å². The number of hydrogen-bond donors (Lipinski definition) is 1. The van der Waals surface area contributed by atoms with E-state index in [-0.39, 0.29) is 0 Å². The molecule has 0 saturated heterocycles. The molecule has 0 atom stereocenters. The molecule has 0 radical (unpaired) electrons. The van der Waals surface area contributed by atoms with Crippen molar-refractivity contribution >= 4 is 11.6 Å². The summed E-state index contributed by atoms with van der Waals surface area (Å²) >= 11 is 5.94. The number of hydrogen-bond acceptors (Lipinski definition) is 3. The van der Waals surface area contributed by atoms with Crippen LogP contribution in [0.1, 0.15) is 16.9 Å². The van der Waals surface area contributed by atoms with Crippen molar-refractivity contribution in [2.24, 2.45) is 5.73 Å². The lowest BCUT2D eigenvalue weighted by Crippen LogP contribution is -2.02. The van der Waals surface area contributed by atoms with Crippen molar-refractivity contribution in [3.63, 3.8) is 0 Å². The predicted octanol–water partition coefficient (Wildman–Crippen LogP) is 3.28. The van der Waals surface area contributed by atoms with Crippen LogP contribution < -0.4 is 10.5 Å². The molecule has 2 aromatic rings. The van der Waals surface area contributed by atoms with Gasteiger partial charge < -0.3 is 14.9 Å². The molecule has 0 unspecified atom stereocenters. The van der Waals surface area contributed by atoms with Gasteiger partial charge in [-0.25, -0.2) is 0 Å². The maximum absolute atomic E-state index is 5.94. The summed E-state index contributed by atoms with van der Waals surface area (Å²) in [6.07, 6.45) is 1.62. The molecule has 0 aliphatic heterocycles. The average Bonchev–Trinajstić information content (AvgIpc) is 2.78. The maximum atomic E-state index is 5.94. The molecule has 0 saturated carbocycles. The SMILES string of the molecule is Cc1cc(OCc2occc2CN)ccc1Cl. The highest BCUT2D eigenvalue weighted by molar-refractivity contribution is 6.31. The Kier molecular flexibility index (Phi) is 3.71. The molecule has 0 fully saturated rings. The first-order valence-electron chi connectivity index (χ1n) is 5.35. The Morgan fingerprint density at radius 1 is 1.35 bits per heavy atom. The van der Waals surface area contributed by atoms with Gasteiger partial charge in [-0.15, -0.1) is 0 Å². The van der Waals surface area contributed by atoms with Crippen LogP contribution in [0.25, 0.3) is 0 Å². The zero-order valence-corrected chi connectivity index (χ0v) is 10.3. The van der Waals surface area contributed by atoms with Gasteiger partial charge in [0, 0.05) is 17.1 Å². The van der Waals surface area contributed by atoms with Crippen LogP contribution in [-0.2, 0) is 13.2 Å². The van der Waals surface area contributed by atoms with Gasteiger partial charge in [0.25, 0.3) is 0 Å². The normalized spacial score (nSPS) is 10.5. The summed E-state index contributed by atoms with van der Waals surface area (Å²) in [5.41, 5.74) is 7.53. The summed E-state index contributed by atoms with van der Waals surface area (Å²) in [5, 5.41) is 0.734. The number of benzene rings is 1. The van der Waals surface area contributed by atoms with Crippen molar-refractivity contribution in [1.82, 2.24) is 0 Å². The standard InChI is InChI=1S/C13H14ClNO2/c1-9-6-11(2-3-12(9)14)17-8-13-10(7-15)4-5-16-13/h2-6H,7-8,15H2,1H3. The average molecular weight is 252 g/mol. The Morgan fingerprint density at radius 2 is 2.18 bits per heavy atom. The number of ether oxygens (including phenoxy) is 1. The minimum Gasteiger partial charge on any atom is -0.486 e. The third-order valence-corrected chi connectivity index (χ3v) is 2.98. The zero-order chi connectivity index (χ0) is 12.3. The smallest absolute Gasteiger partial charge is 0.146 e. The first-order chi connectivity index (χ1) is 8.20. The van der Waals surface area contributed by atoms with Crippen LogP contribution in [0.5, 0.6) is 5.75 Å². The second kappa shape index (κ2) is 5.25. The molecular weight excluding hydrogens is 238 g/mol. The first kappa shape index (κ1) is 12.0. The zero-order valence-electron chi connectivity index (χ0n) is 9.57. The van der Waals surface area contributed by atoms with E-state index in [0.717, 1.165) is 27.7 Å². The second-order valence-electron chi connectivity index (χ2n) is 3.77. The van der Waals surface area contributed by atoms with Gasteiger partial charge in [-0.05, 0) is 36.8 Å². The van der Waals surface area contributed by atoms with Gasteiger partial charge in [0.15, 0.2) is 0 Å². The fraction of sp³-hybridized carbons (Fsp3) is 0.231. The third kappa shape index (κ3) is 2.81. The first-order valence-corrected chi connectivity index (χ1v) is 5.72. The van der Waals surface area contributed by atoms with Crippen molar-refractivity contribution in [2.45, 2.75) is 20.1 Å². The minimum atomic E-state index is 0.376. The Balaban J connectivity index is 2.05. The van der Waals surface area contributed by atoms with Crippen LogP contribution >= 0.6 is 11.6 Å². The fourth-order valence-corrected chi connectivity index (χ4v) is 1.65. The van der Waals surface area contributed by atoms with Gasteiger partial charge in [-0.1, -0.05) is 11.6 Å². The molecule has 2 N–H and O–H groups in total. The molecule has 1 heterocycles. The Bertz CT molecular complexity index is 508. The maximum Gasteiger partial charge on any atom is 0.146 e. The monoisotopic (exact) mass is 251 g/mol. The van der Waals surface area contributed by atoms with E-state index in [0.29, 0.717) is 13.2 Å². The molecule has 2 rings (SSSR count). The molecule has 17 heavy (non-hydrogen) atoms. The molecule has 0 aliphatic rings. The topological polar surface area (TPSA) is 48.4 Å². The molecule has 4 heteroatoms. The quantitative estimate of drug-likeness (QED) is 0.907. The van der Waals surface area contributed by atoms with Crippen LogP contribution in [0.4, 0.5) is 0 Å². The van der Waals surface area contributed by atoms with Crippen molar-refractivity contribution in [3.8, 4) is 5.75 Å². The largest absolute Gasteiger partial charge is 0.486 e. The van der Waals surface area contributed by atoms with Gasteiger partial charge in [-0.3, -0.25) is 0 Å². The summed E-state index contributed by atoms with van der Waals surface area (Å²) in [6, 6.07) is 7.40. The summed E-state index contributed by atoms with van der Waals surface area (Å²) < 4.78 is 10.9. The van der Waals surface area contributed by atoms with Crippen molar-refractivity contribution < 1.29 is 9.15 Å². The number of aryl methyl sites for hydroxylation is 1. The number of furan rings is 1. The highest BCUT2D eigenvalue weighted by Gasteiger charge is 2.06. The van der Waals surface area contributed by atoms with Crippen LogP contribution in [0.3, 0.4) is 0 Å². The molecule has 0 spiro atoms. The van der Waals surface area contributed by atoms with Gasteiger partial charge >= 0.3 is 0 Å². The van der Waals surface area contributed by atoms with E-state index >= 15 is 0 Å². The molecule has 1 aromatic carbocycles. The van der Waals surface area contributed by atoms with E-state index in [1.54, 1.807) is 6.26 Å². The Hall–Kier alpha value is -1.45. The molecule has 90 valence electrons. The summed E-state index contributed by atoms with van der Waals surface area (Å²) in [6.45, 7) is 2.77. The number of rotatable bonds is 4.